The highest BCUT2D eigenvalue weighted by Crippen LogP contribution is 2.26. The second kappa shape index (κ2) is 6.37. The number of carboxylic acid groups (broad SMARTS) is 1. The molecule has 132 valence electrons. The summed E-state index contributed by atoms with van der Waals surface area (Å²) in [7, 11) is 0. The highest BCUT2D eigenvalue weighted by molar-refractivity contribution is 5.96. The van der Waals surface area contributed by atoms with Gasteiger partial charge in [-0.3, -0.25) is 4.79 Å². The van der Waals surface area contributed by atoms with E-state index in [0.717, 1.165) is 17.1 Å². The molecular formula is C19H22N2O4. The van der Waals surface area contributed by atoms with Crippen LogP contribution < -0.4 is 0 Å². The van der Waals surface area contributed by atoms with E-state index in [9.17, 15) is 14.7 Å². The summed E-state index contributed by atoms with van der Waals surface area (Å²) >= 11 is 0. The molecule has 1 aromatic heterocycles. The molecule has 2 N–H and O–H groups in total. The van der Waals surface area contributed by atoms with Crippen molar-refractivity contribution >= 4 is 11.9 Å². The first-order valence-corrected chi connectivity index (χ1v) is 8.33. The topological polar surface area (TPSA) is 82.8 Å². The van der Waals surface area contributed by atoms with E-state index in [-0.39, 0.29) is 31.8 Å². The number of aliphatic hydroxyl groups is 1. The Balaban J connectivity index is 1.84. The van der Waals surface area contributed by atoms with Gasteiger partial charge in [0.25, 0.3) is 5.91 Å². The maximum Gasteiger partial charge on any atom is 0.335 e. The van der Waals surface area contributed by atoms with Gasteiger partial charge in [-0.05, 0) is 32.0 Å². The van der Waals surface area contributed by atoms with E-state index < -0.39 is 11.6 Å². The van der Waals surface area contributed by atoms with Crippen molar-refractivity contribution in [1.29, 1.82) is 0 Å². The van der Waals surface area contributed by atoms with E-state index in [1.807, 2.05) is 54.8 Å². The molecule has 1 saturated heterocycles. The van der Waals surface area contributed by atoms with Gasteiger partial charge in [-0.1, -0.05) is 18.2 Å². The highest BCUT2D eigenvalue weighted by Gasteiger charge is 2.40. The van der Waals surface area contributed by atoms with Gasteiger partial charge in [0.2, 0.25) is 0 Å². The molecular weight excluding hydrogens is 320 g/mol. The van der Waals surface area contributed by atoms with E-state index in [1.54, 1.807) is 4.90 Å². The third kappa shape index (κ3) is 3.05. The zero-order valence-corrected chi connectivity index (χ0v) is 14.4. The minimum Gasteiger partial charge on any atom is -0.479 e. The number of carboxylic acids is 1. The zero-order valence-electron chi connectivity index (χ0n) is 14.4. The SMILES string of the molecule is Cc1cc(C(=O)N2CCC(O)(C(=O)O)CC2)c(C)n1-c1ccccc1. The molecule has 1 aromatic carbocycles. The van der Waals surface area contributed by atoms with Crippen LogP contribution in [0.25, 0.3) is 5.69 Å². The molecule has 25 heavy (non-hydrogen) atoms. The number of hydrogen-bond donors (Lipinski definition) is 2. The lowest BCUT2D eigenvalue weighted by Gasteiger charge is -2.35. The summed E-state index contributed by atoms with van der Waals surface area (Å²) in [6.45, 7) is 4.33. The molecule has 1 aliphatic rings. The summed E-state index contributed by atoms with van der Waals surface area (Å²) in [6.07, 6.45) is 0.0942. The molecule has 1 fully saturated rings. The number of amides is 1. The van der Waals surface area contributed by atoms with Crippen LogP contribution in [-0.4, -0.2) is 50.2 Å². The fourth-order valence-electron chi connectivity index (χ4n) is 3.42. The summed E-state index contributed by atoms with van der Waals surface area (Å²) in [5, 5.41) is 19.1. The van der Waals surface area contributed by atoms with Gasteiger partial charge >= 0.3 is 5.97 Å². The molecule has 2 aromatic rings. The number of aryl methyl sites for hydroxylation is 1. The molecule has 6 heteroatoms. The maximum absolute atomic E-state index is 12.9. The Hall–Kier alpha value is -2.60. The number of para-hydroxylation sites is 1. The summed E-state index contributed by atoms with van der Waals surface area (Å²) in [5.41, 5.74) is 1.70. The van der Waals surface area contributed by atoms with E-state index in [0.29, 0.717) is 5.56 Å². The molecule has 0 spiro atoms. The van der Waals surface area contributed by atoms with Gasteiger partial charge in [0.15, 0.2) is 5.60 Å². The van der Waals surface area contributed by atoms with Gasteiger partial charge in [-0.2, -0.15) is 0 Å². The number of carbonyl (C=O) groups is 2. The summed E-state index contributed by atoms with van der Waals surface area (Å²) in [4.78, 5) is 25.6. The van der Waals surface area contributed by atoms with Crippen molar-refractivity contribution in [2.24, 2.45) is 0 Å². The molecule has 3 rings (SSSR count). The normalized spacial score (nSPS) is 16.7. The Morgan fingerprint density at radius 3 is 2.24 bits per heavy atom. The molecule has 0 atom stereocenters. The fourth-order valence-corrected chi connectivity index (χ4v) is 3.42. The van der Waals surface area contributed by atoms with E-state index in [2.05, 4.69) is 0 Å². The van der Waals surface area contributed by atoms with E-state index in [4.69, 9.17) is 5.11 Å². The van der Waals surface area contributed by atoms with Gasteiger partial charge in [0, 0.05) is 43.0 Å². The third-order valence-electron chi connectivity index (χ3n) is 4.95. The average molecular weight is 342 g/mol. The summed E-state index contributed by atoms with van der Waals surface area (Å²) in [5.74, 6) is -1.34. The maximum atomic E-state index is 12.9. The summed E-state index contributed by atoms with van der Waals surface area (Å²) < 4.78 is 2.03. The van der Waals surface area contributed by atoms with Crippen molar-refractivity contribution in [2.75, 3.05) is 13.1 Å². The lowest BCUT2D eigenvalue weighted by molar-refractivity contribution is -0.162. The Kier molecular flexibility index (Phi) is 4.39. The van der Waals surface area contributed by atoms with Crippen molar-refractivity contribution in [3.63, 3.8) is 0 Å². The standard InChI is InChI=1S/C19H22N2O4/c1-13-12-16(14(2)21(13)15-6-4-3-5-7-15)17(22)20-10-8-19(25,9-11-20)18(23)24/h3-7,12,25H,8-11H2,1-2H3,(H,23,24). The van der Waals surface area contributed by atoms with Crippen LogP contribution in [0.3, 0.4) is 0 Å². The van der Waals surface area contributed by atoms with Crippen molar-refractivity contribution in [3.05, 3.63) is 53.3 Å². The van der Waals surface area contributed by atoms with Crippen LogP contribution in [0.2, 0.25) is 0 Å². The van der Waals surface area contributed by atoms with Crippen molar-refractivity contribution in [2.45, 2.75) is 32.3 Å². The van der Waals surface area contributed by atoms with Crippen LogP contribution in [0.1, 0.15) is 34.6 Å². The number of likely N-dealkylation sites (tertiary alicyclic amines) is 1. The van der Waals surface area contributed by atoms with Gasteiger partial charge in [0.1, 0.15) is 0 Å². The first kappa shape index (κ1) is 17.2. The number of nitrogens with zero attached hydrogens (tertiary/aromatic N) is 2. The van der Waals surface area contributed by atoms with Crippen LogP contribution in [0.5, 0.6) is 0 Å². The van der Waals surface area contributed by atoms with Crippen molar-refractivity contribution in [3.8, 4) is 5.69 Å². The number of aromatic nitrogens is 1. The first-order valence-electron chi connectivity index (χ1n) is 8.33. The third-order valence-corrected chi connectivity index (χ3v) is 4.95. The Bertz CT molecular complexity index is 802. The van der Waals surface area contributed by atoms with Crippen molar-refractivity contribution in [1.82, 2.24) is 9.47 Å². The number of rotatable bonds is 3. The second-order valence-electron chi connectivity index (χ2n) is 6.58. The molecule has 0 unspecified atom stereocenters. The largest absolute Gasteiger partial charge is 0.479 e. The quantitative estimate of drug-likeness (QED) is 0.895. The fraction of sp³-hybridized carbons (Fsp3) is 0.368. The van der Waals surface area contributed by atoms with E-state index in [1.165, 1.54) is 0 Å². The Labute approximate surface area is 146 Å². The molecule has 6 nitrogen and oxygen atoms in total. The molecule has 1 aliphatic heterocycles. The molecule has 0 aliphatic carbocycles. The smallest absolute Gasteiger partial charge is 0.335 e. The minimum atomic E-state index is -1.72. The first-order chi connectivity index (χ1) is 11.8. The van der Waals surface area contributed by atoms with Crippen LogP contribution in [0.4, 0.5) is 0 Å². The van der Waals surface area contributed by atoms with Crippen LogP contribution in [-0.2, 0) is 4.79 Å². The predicted octanol–water partition coefficient (Wildman–Crippen LogP) is 2.15. The lowest BCUT2D eigenvalue weighted by Crippen LogP contribution is -2.50. The molecule has 2 heterocycles. The Morgan fingerprint density at radius 1 is 1.08 bits per heavy atom. The van der Waals surface area contributed by atoms with Gasteiger partial charge in [0.05, 0.1) is 5.56 Å². The average Bonchev–Trinajstić information content (AvgIpc) is 2.90. The van der Waals surface area contributed by atoms with Gasteiger partial charge < -0.3 is 19.7 Å². The zero-order chi connectivity index (χ0) is 18.2. The minimum absolute atomic E-state index is 0.0471. The van der Waals surface area contributed by atoms with Gasteiger partial charge in [-0.15, -0.1) is 0 Å². The molecule has 0 bridgehead atoms. The van der Waals surface area contributed by atoms with Gasteiger partial charge in [-0.25, -0.2) is 4.79 Å². The lowest BCUT2D eigenvalue weighted by atomic mass is 9.91. The number of benzene rings is 1. The number of carbonyl (C=O) groups excluding carboxylic acids is 1. The molecule has 0 saturated carbocycles. The predicted molar refractivity (Wildman–Crippen MR) is 93.0 cm³/mol. The number of hydrogen-bond acceptors (Lipinski definition) is 3. The van der Waals surface area contributed by atoms with Crippen LogP contribution >= 0.6 is 0 Å². The second-order valence-corrected chi connectivity index (χ2v) is 6.58. The number of aliphatic carboxylic acids is 1. The Morgan fingerprint density at radius 2 is 1.68 bits per heavy atom. The monoisotopic (exact) mass is 342 g/mol. The summed E-state index contributed by atoms with van der Waals surface area (Å²) in [6, 6.07) is 11.7. The van der Waals surface area contributed by atoms with Crippen molar-refractivity contribution < 1.29 is 19.8 Å². The van der Waals surface area contributed by atoms with E-state index >= 15 is 0 Å². The van der Waals surface area contributed by atoms with Crippen LogP contribution in [0, 0.1) is 13.8 Å². The van der Waals surface area contributed by atoms with Crippen LogP contribution in [0.15, 0.2) is 36.4 Å². The molecule has 0 radical (unpaired) electrons. The number of piperidine rings is 1. The molecule has 1 amide bonds. The highest BCUT2D eigenvalue weighted by atomic mass is 16.4.